The van der Waals surface area contributed by atoms with Crippen molar-refractivity contribution in [2.24, 2.45) is 4.99 Å². The zero-order valence-electron chi connectivity index (χ0n) is 21.3. The van der Waals surface area contributed by atoms with Gasteiger partial charge in [0.15, 0.2) is 5.69 Å². The maximum Gasteiger partial charge on any atom is 0.264 e. The lowest BCUT2D eigenvalue weighted by atomic mass is 10.2. The van der Waals surface area contributed by atoms with Gasteiger partial charge in [-0.05, 0) is 67.0 Å². The van der Waals surface area contributed by atoms with Crippen LogP contribution in [0.1, 0.15) is 92.0 Å². The van der Waals surface area contributed by atoms with E-state index in [2.05, 4.69) is 53.1 Å². The van der Waals surface area contributed by atoms with E-state index in [-0.39, 0.29) is 6.17 Å². The van der Waals surface area contributed by atoms with Gasteiger partial charge in [0, 0.05) is 31.7 Å². The normalized spacial score (nSPS) is 22.1. The van der Waals surface area contributed by atoms with Crippen LogP contribution in [-0.2, 0) is 17.9 Å². The van der Waals surface area contributed by atoms with Crippen molar-refractivity contribution in [2.45, 2.75) is 112 Å². The Morgan fingerprint density at radius 2 is 1.50 bits per heavy atom. The first kappa shape index (κ1) is 27.1. The van der Waals surface area contributed by atoms with Crippen LogP contribution in [0.15, 0.2) is 4.99 Å². The van der Waals surface area contributed by atoms with Gasteiger partial charge in [0.05, 0.1) is 10.7 Å². The van der Waals surface area contributed by atoms with Gasteiger partial charge in [-0.1, -0.05) is 38.3 Å². The number of rotatable bonds is 3. The highest BCUT2D eigenvalue weighted by atomic mass is 35.5. The molecule has 1 unspecified atom stereocenters. The van der Waals surface area contributed by atoms with E-state index in [0.717, 1.165) is 37.8 Å². The Morgan fingerprint density at radius 3 is 2.03 bits per heavy atom. The molecule has 184 valence electrons. The largest absolute Gasteiger partial charge is 0.384 e. The van der Waals surface area contributed by atoms with Gasteiger partial charge in [-0.3, -0.25) is 9.58 Å². The van der Waals surface area contributed by atoms with Crippen molar-refractivity contribution in [1.82, 2.24) is 25.1 Å². The molecule has 1 saturated heterocycles. The first-order valence-electron chi connectivity index (χ1n) is 12.6. The molecule has 8 heteroatoms. The van der Waals surface area contributed by atoms with E-state index in [1.54, 1.807) is 0 Å². The average molecular weight is 469 g/mol. The lowest BCUT2D eigenvalue weighted by Gasteiger charge is -2.23. The minimum absolute atomic E-state index is 0.0604. The summed E-state index contributed by atoms with van der Waals surface area (Å²) in [5, 5.41) is 5.24. The molecule has 0 bridgehead atoms. The van der Waals surface area contributed by atoms with E-state index in [0.29, 0.717) is 22.7 Å². The molecule has 1 N–H and O–H groups in total. The number of likely N-dealkylation sites (tertiary alicyclic amines) is 1. The molecule has 32 heavy (non-hydrogen) atoms. The number of hydrogen-bond donors (Lipinski definition) is 1. The minimum atomic E-state index is -0.0604. The van der Waals surface area contributed by atoms with Crippen molar-refractivity contribution in [3.05, 3.63) is 16.4 Å². The fourth-order valence-electron chi connectivity index (χ4n) is 4.17. The number of aromatic nitrogens is 2. The number of hydrogen-bond acceptors (Lipinski definition) is 6. The molecule has 1 aromatic heterocycles. The van der Waals surface area contributed by atoms with Crippen molar-refractivity contribution in [3.63, 3.8) is 0 Å². The van der Waals surface area contributed by atoms with E-state index in [4.69, 9.17) is 16.4 Å². The zero-order chi connectivity index (χ0) is 23.7. The van der Waals surface area contributed by atoms with Crippen LogP contribution in [0.25, 0.3) is 0 Å². The molecule has 1 fully saturated rings. The third-order valence-corrected chi connectivity index (χ3v) is 6.50. The summed E-state index contributed by atoms with van der Waals surface area (Å²) >= 11 is 6.51. The van der Waals surface area contributed by atoms with Gasteiger partial charge in [0.2, 0.25) is 0 Å². The Balaban J connectivity index is 0.000000255. The Bertz CT molecular complexity index is 710. The summed E-state index contributed by atoms with van der Waals surface area (Å²) in [6, 6.07) is 1.26. The molecular weight excluding hydrogens is 424 g/mol. The molecule has 1 atom stereocenters. The molecule has 0 aliphatic carbocycles. The van der Waals surface area contributed by atoms with Crippen LogP contribution in [0.4, 0.5) is 0 Å². The number of hydroxylamine groups is 1. The van der Waals surface area contributed by atoms with E-state index in [1.807, 2.05) is 25.5 Å². The topological polar surface area (TPSA) is 57.9 Å². The predicted octanol–water partition coefficient (Wildman–Crippen LogP) is 5.08. The Kier molecular flexibility index (Phi) is 11.5. The fraction of sp³-hybridized carbons (Fsp3) is 0.833. The quantitative estimate of drug-likeness (QED) is 0.670. The zero-order valence-corrected chi connectivity index (χ0v) is 22.1. The summed E-state index contributed by atoms with van der Waals surface area (Å²) in [7, 11) is 0. The maximum atomic E-state index is 6.51. The predicted molar refractivity (Wildman–Crippen MR) is 134 cm³/mol. The molecular formula is C24H45ClN6O. The lowest BCUT2D eigenvalue weighted by Crippen LogP contribution is -2.31. The number of nitrogens with zero attached hydrogens (tertiary/aromatic N) is 5. The van der Waals surface area contributed by atoms with Gasteiger partial charge in [0.25, 0.3) is 5.90 Å². The molecule has 3 aliphatic heterocycles. The minimum Gasteiger partial charge on any atom is -0.384 e. The molecule has 3 aliphatic rings. The van der Waals surface area contributed by atoms with Gasteiger partial charge in [0.1, 0.15) is 6.17 Å². The summed E-state index contributed by atoms with van der Waals surface area (Å²) in [6.45, 7) is 20.4. The third-order valence-electron chi connectivity index (χ3n) is 6.10. The van der Waals surface area contributed by atoms with Crippen molar-refractivity contribution in [1.29, 1.82) is 0 Å². The number of aliphatic imine (C=N–C) groups is 1. The van der Waals surface area contributed by atoms with Crippen LogP contribution < -0.4 is 5.48 Å². The van der Waals surface area contributed by atoms with E-state index in [1.165, 1.54) is 38.8 Å². The summed E-state index contributed by atoms with van der Waals surface area (Å²) in [4.78, 5) is 14.7. The van der Waals surface area contributed by atoms with E-state index >= 15 is 0 Å². The monoisotopic (exact) mass is 468 g/mol. The van der Waals surface area contributed by atoms with E-state index in [9.17, 15) is 0 Å². The number of halogens is 1. The molecule has 0 aromatic carbocycles. The van der Waals surface area contributed by atoms with Crippen LogP contribution in [0.2, 0.25) is 5.02 Å². The molecule has 0 amide bonds. The summed E-state index contributed by atoms with van der Waals surface area (Å²) < 4.78 is 1.99. The SMILES string of the molecule is CC.CC(C)N1CCCCCC1.CC1N=C(c2nn3c(c2Cl)CN(C(C)C)CCC3)ON1. The second-order valence-corrected chi connectivity index (χ2v) is 9.50. The molecule has 0 saturated carbocycles. The number of aryl methyl sites for hydroxylation is 1. The van der Waals surface area contributed by atoms with Crippen LogP contribution in [-0.4, -0.2) is 63.4 Å². The second-order valence-electron chi connectivity index (χ2n) is 9.12. The Morgan fingerprint density at radius 1 is 0.906 bits per heavy atom. The highest BCUT2D eigenvalue weighted by Crippen LogP contribution is 2.27. The molecule has 0 spiro atoms. The lowest BCUT2D eigenvalue weighted by molar-refractivity contribution is 0.185. The van der Waals surface area contributed by atoms with Gasteiger partial charge in [-0.25, -0.2) is 4.99 Å². The van der Waals surface area contributed by atoms with Crippen LogP contribution in [0, 0.1) is 0 Å². The second kappa shape index (κ2) is 13.5. The molecule has 4 rings (SSSR count). The van der Waals surface area contributed by atoms with Crippen LogP contribution in [0.3, 0.4) is 0 Å². The standard InChI is InChI=1S/C13H20ClN5O.C9H19N.C2H6/c1-8(2)18-5-4-6-19-10(7-18)11(14)12(16-19)13-15-9(3)17-20-13;1-9(2)10-7-5-3-4-6-8-10;1-2/h8-9,17H,4-7H2,1-3H3;9H,3-8H2,1-2H3;1-2H3. The Labute approximate surface area is 200 Å². The van der Waals surface area contributed by atoms with Crippen molar-refractivity contribution in [3.8, 4) is 0 Å². The molecule has 0 radical (unpaired) electrons. The van der Waals surface area contributed by atoms with Gasteiger partial charge in [-0.2, -0.15) is 5.10 Å². The van der Waals surface area contributed by atoms with Gasteiger partial charge < -0.3 is 9.74 Å². The first-order valence-corrected chi connectivity index (χ1v) is 13.0. The maximum absolute atomic E-state index is 6.51. The molecule has 1 aromatic rings. The van der Waals surface area contributed by atoms with Crippen molar-refractivity contribution < 1.29 is 4.84 Å². The average Bonchev–Trinajstić information content (AvgIpc) is 3.12. The first-order chi connectivity index (χ1) is 15.4. The summed E-state index contributed by atoms with van der Waals surface area (Å²) in [5.41, 5.74) is 4.49. The summed E-state index contributed by atoms with van der Waals surface area (Å²) in [6.07, 6.45) is 6.74. The van der Waals surface area contributed by atoms with Crippen LogP contribution >= 0.6 is 11.6 Å². The highest BCUT2D eigenvalue weighted by Gasteiger charge is 2.28. The molecule has 4 heterocycles. The highest BCUT2D eigenvalue weighted by molar-refractivity contribution is 6.34. The fourth-order valence-corrected chi connectivity index (χ4v) is 4.45. The van der Waals surface area contributed by atoms with Crippen molar-refractivity contribution >= 4 is 17.5 Å². The van der Waals surface area contributed by atoms with Gasteiger partial charge in [-0.15, -0.1) is 5.48 Å². The number of nitrogens with one attached hydrogen (secondary N) is 1. The third kappa shape index (κ3) is 7.44. The Hall–Kier alpha value is -1.15. The summed E-state index contributed by atoms with van der Waals surface area (Å²) in [5.74, 6) is 0.485. The van der Waals surface area contributed by atoms with E-state index < -0.39 is 0 Å². The molecule has 7 nitrogen and oxygen atoms in total. The van der Waals surface area contributed by atoms with Crippen LogP contribution in [0.5, 0.6) is 0 Å². The smallest absolute Gasteiger partial charge is 0.264 e. The van der Waals surface area contributed by atoms with Gasteiger partial charge >= 0.3 is 0 Å². The number of fused-ring (bicyclic) bond motifs is 1. The van der Waals surface area contributed by atoms with Crippen molar-refractivity contribution in [2.75, 3.05) is 19.6 Å².